The van der Waals surface area contributed by atoms with E-state index in [1.54, 1.807) is 0 Å². The van der Waals surface area contributed by atoms with E-state index in [2.05, 4.69) is 32.2 Å². The number of nitrogens with zero attached hydrogens (tertiary/aromatic N) is 2. The lowest BCUT2D eigenvalue weighted by Gasteiger charge is -2.36. The molecule has 2 saturated heterocycles. The van der Waals surface area contributed by atoms with Crippen molar-refractivity contribution in [1.82, 2.24) is 10.2 Å². The lowest BCUT2D eigenvalue weighted by atomic mass is 9.91. The summed E-state index contributed by atoms with van der Waals surface area (Å²) in [6, 6.07) is 8.14. The summed E-state index contributed by atoms with van der Waals surface area (Å²) >= 11 is 3.55. The van der Waals surface area contributed by atoms with Gasteiger partial charge in [-0.3, -0.25) is 9.69 Å². The number of nitriles is 1. The van der Waals surface area contributed by atoms with Crippen LogP contribution in [0.25, 0.3) is 0 Å². The first-order chi connectivity index (χ1) is 9.69. The number of hydrogen-bond donors (Lipinski definition) is 1. The second-order valence-corrected chi connectivity index (χ2v) is 6.30. The number of nitrogens with one attached hydrogen (secondary N) is 1. The molecule has 104 valence electrons. The van der Waals surface area contributed by atoms with Crippen molar-refractivity contribution < 1.29 is 4.79 Å². The van der Waals surface area contributed by atoms with Crippen molar-refractivity contribution in [3.05, 3.63) is 33.8 Å². The fraction of sp³-hybridized carbons (Fsp3) is 0.467. The Morgan fingerprint density at radius 1 is 1.50 bits per heavy atom. The molecule has 0 aromatic heterocycles. The van der Waals surface area contributed by atoms with Gasteiger partial charge in [0.1, 0.15) is 0 Å². The molecule has 2 aliphatic rings. The van der Waals surface area contributed by atoms with Gasteiger partial charge in [0, 0.05) is 23.6 Å². The molecule has 2 fully saturated rings. The van der Waals surface area contributed by atoms with Crippen molar-refractivity contribution in [3.8, 4) is 6.07 Å². The number of hydrogen-bond acceptors (Lipinski definition) is 3. The molecule has 1 amide bonds. The average Bonchev–Trinajstić information content (AvgIpc) is 2.84. The van der Waals surface area contributed by atoms with Crippen molar-refractivity contribution >= 4 is 21.8 Å². The molecule has 1 aromatic carbocycles. The molecule has 20 heavy (non-hydrogen) atoms. The Labute approximate surface area is 126 Å². The summed E-state index contributed by atoms with van der Waals surface area (Å²) in [5.41, 5.74) is 1.79. The summed E-state index contributed by atoms with van der Waals surface area (Å²) in [6.07, 6.45) is 2.05. The highest BCUT2D eigenvalue weighted by atomic mass is 79.9. The first kappa shape index (κ1) is 13.6. The van der Waals surface area contributed by atoms with E-state index in [1.165, 1.54) is 0 Å². The Bertz CT molecular complexity index is 581. The lowest BCUT2D eigenvalue weighted by Crippen LogP contribution is -2.44. The number of amides is 1. The van der Waals surface area contributed by atoms with Crippen molar-refractivity contribution in [2.24, 2.45) is 5.92 Å². The summed E-state index contributed by atoms with van der Waals surface area (Å²) in [5.74, 6) is 0.339. The van der Waals surface area contributed by atoms with Gasteiger partial charge in [0.15, 0.2) is 0 Å². The van der Waals surface area contributed by atoms with Gasteiger partial charge in [-0.1, -0.05) is 15.9 Å². The molecule has 2 heterocycles. The van der Waals surface area contributed by atoms with E-state index in [0.29, 0.717) is 11.6 Å². The smallest absolute Gasteiger partial charge is 0.224 e. The molecule has 0 unspecified atom stereocenters. The number of rotatable bonds is 2. The fourth-order valence-electron chi connectivity index (χ4n) is 3.22. The molecule has 5 heteroatoms. The molecule has 0 aliphatic carbocycles. The maximum absolute atomic E-state index is 11.8. The third-order valence-corrected chi connectivity index (χ3v) is 5.04. The quantitative estimate of drug-likeness (QED) is 0.900. The second kappa shape index (κ2) is 5.55. The van der Waals surface area contributed by atoms with Crippen LogP contribution in [-0.2, 0) is 11.3 Å². The van der Waals surface area contributed by atoms with E-state index in [-0.39, 0.29) is 11.8 Å². The minimum atomic E-state index is 0.140. The predicted molar refractivity (Wildman–Crippen MR) is 78.8 cm³/mol. The van der Waals surface area contributed by atoms with Gasteiger partial charge in [0.05, 0.1) is 17.6 Å². The van der Waals surface area contributed by atoms with Crippen LogP contribution < -0.4 is 5.32 Å². The van der Waals surface area contributed by atoms with Gasteiger partial charge < -0.3 is 5.32 Å². The summed E-state index contributed by atoms with van der Waals surface area (Å²) < 4.78 is 1.02. The van der Waals surface area contributed by atoms with Gasteiger partial charge in [-0.2, -0.15) is 5.26 Å². The van der Waals surface area contributed by atoms with E-state index in [0.717, 1.165) is 42.5 Å². The Morgan fingerprint density at radius 2 is 2.35 bits per heavy atom. The number of carbonyl (C=O) groups is 1. The Balaban J connectivity index is 1.81. The van der Waals surface area contributed by atoms with E-state index < -0.39 is 0 Å². The number of fused-ring (bicyclic) bond motifs is 1. The van der Waals surface area contributed by atoms with Crippen molar-refractivity contribution in [2.45, 2.75) is 25.4 Å². The highest BCUT2D eigenvalue weighted by Crippen LogP contribution is 2.30. The Hall–Kier alpha value is -1.38. The van der Waals surface area contributed by atoms with Crippen LogP contribution in [0.4, 0.5) is 0 Å². The topological polar surface area (TPSA) is 56.1 Å². The SMILES string of the molecule is N#Cc1ccc(Br)c(CN2CCC[C@H]3C(=O)NC[C@H]32)c1. The van der Waals surface area contributed by atoms with Crippen LogP contribution in [0, 0.1) is 17.2 Å². The number of carbonyl (C=O) groups excluding carboxylic acids is 1. The first-order valence-corrected chi connectivity index (χ1v) is 7.68. The molecule has 0 spiro atoms. The van der Waals surface area contributed by atoms with Crippen molar-refractivity contribution in [2.75, 3.05) is 13.1 Å². The zero-order valence-electron chi connectivity index (χ0n) is 11.1. The van der Waals surface area contributed by atoms with E-state index in [9.17, 15) is 4.79 Å². The first-order valence-electron chi connectivity index (χ1n) is 6.89. The molecule has 2 aliphatic heterocycles. The van der Waals surface area contributed by atoms with Crippen LogP contribution in [0.15, 0.2) is 22.7 Å². The highest BCUT2D eigenvalue weighted by molar-refractivity contribution is 9.10. The van der Waals surface area contributed by atoms with Crippen molar-refractivity contribution in [3.63, 3.8) is 0 Å². The number of benzene rings is 1. The summed E-state index contributed by atoms with van der Waals surface area (Å²) in [5, 5.41) is 12.0. The van der Waals surface area contributed by atoms with E-state index in [1.807, 2.05) is 18.2 Å². The summed E-state index contributed by atoms with van der Waals surface area (Å²) in [6.45, 7) is 2.55. The number of halogens is 1. The molecule has 0 saturated carbocycles. The van der Waals surface area contributed by atoms with Gasteiger partial charge in [0.25, 0.3) is 0 Å². The van der Waals surface area contributed by atoms with Crippen LogP contribution in [-0.4, -0.2) is 29.9 Å². The molecular weight excluding hydrogens is 318 g/mol. The third kappa shape index (κ3) is 2.46. The van der Waals surface area contributed by atoms with E-state index >= 15 is 0 Å². The van der Waals surface area contributed by atoms with E-state index in [4.69, 9.17) is 5.26 Å². The zero-order valence-corrected chi connectivity index (χ0v) is 12.7. The van der Waals surface area contributed by atoms with Crippen LogP contribution in [0.1, 0.15) is 24.0 Å². The molecule has 2 atom stereocenters. The van der Waals surface area contributed by atoms with Crippen LogP contribution in [0.3, 0.4) is 0 Å². The molecule has 3 rings (SSSR count). The molecular formula is C15H16BrN3O. The second-order valence-electron chi connectivity index (χ2n) is 5.45. The molecule has 1 aromatic rings. The lowest BCUT2D eigenvalue weighted by molar-refractivity contribution is -0.124. The normalized spacial score (nSPS) is 25.9. The van der Waals surface area contributed by atoms with Crippen LogP contribution >= 0.6 is 15.9 Å². The highest BCUT2D eigenvalue weighted by Gasteiger charge is 2.40. The van der Waals surface area contributed by atoms with Gasteiger partial charge in [-0.25, -0.2) is 0 Å². The van der Waals surface area contributed by atoms with Gasteiger partial charge in [-0.05, 0) is 43.1 Å². The standard InChI is InChI=1S/C15H16BrN3O/c16-13-4-3-10(7-17)6-11(13)9-19-5-1-2-12-14(19)8-18-15(12)20/h3-4,6,12,14H,1-2,5,8-9H2,(H,18,20)/t12-,14-/m1/s1. The minimum absolute atomic E-state index is 0.140. The fourth-order valence-corrected chi connectivity index (χ4v) is 3.59. The predicted octanol–water partition coefficient (Wildman–Crippen LogP) is 2.03. The van der Waals surface area contributed by atoms with Crippen molar-refractivity contribution in [1.29, 1.82) is 5.26 Å². The number of likely N-dealkylation sites (tertiary alicyclic amines) is 1. The molecule has 0 radical (unpaired) electrons. The van der Waals surface area contributed by atoms with Crippen LogP contribution in [0.2, 0.25) is 0 Å². The maximum Gasteiger partial charge on any atom is 0.224 e. The molecule has 4 nitrogen and oxygen atoms in total. The number of piperidine rings is 1. The molecule has 1 N–H and O–H groups in total. The monoisotopic (exact) mass is 333 g/mol. The average molecular weight is 334 g/mol. The minimum Gasteiger partial charge on any atom is -0.354 e. The van der Waals surface area contributed by atoms with Gasteiger partial charge in [-0.15, -0.1) is 0 Å². The molecule has 0 bridgehead atoms. The largest absolute Gasteiger partial charge is 0.354 e. The third-order valence-electron chi connectivity index (χ3n) is 4.26. The summed E-state index contributed by atoms with van der Waals surface area (Å²) in [4.78, 5) is 14.2. The van der Waals surface area contributed by atoms with Crippen LogP contribution in [0.5, 0.6) is 0 Å². The Morgan fingerprint density at radius 3 is 3.15 bits per heavy atom. The van der Waals surface area contributed by atoms with Gasteiger partial charge >= 0.3 is 0 Å². The van der Waals surface area contributed by atoms with Gasteiger partial charge in [0.2, 0.25) is 5.91 Å². The maximum atomic E-state index is 11.8. The zero-order chi connectivity index (χ0) is 14.1. The Kier molecular flexibility index (Phi) is 3.77. The summed E-state index contributed by atoms with van der Waals surface area (Å²) in [7, 11) is 0.